The lowest BCUT2D eigenvalue weighted by Gasteiger charge is -2.30. The van der Waals surface area contributed by atoms with Crippen molar-refractivity contribution in [3.05, 3.63) is 46.2 Å². The highest BCUT2D eigenvalue weighted by Crippen LogP contribution is 2.38. The lowest BCUT2D eigenvalue weighted by molar-refractivity contribution is 0.319. The van der Waals surface area contributed by atoms with Gasteiger partial charge in [0, 0.05) is 17.5 Å². The summed E-state index contributed by atoms with van der Waals surface area (Å²) in [5.74, 6) is 4.04. The number of fused-ring (bicyclic) bond motifs is 1. The molecule has 0 fully saturated rings. The number of allylic oxidation sites excluding steroid dienone is 5. The van der Waals surface area contributed by atoms with Crippen LogP contribution < -0.4 is 11.6 Å². The zero-order valence-electron chi connectivity index (χ0n) is 9.70. The molecule has 2 aliphatic rings. The van der Waals surface area contributed by atoms with E-state index in [1.807, 2.05) is 0 Å². The summed E-state index contributed by atoms with van der Waals surface area (Å²) in [6.07, 6.45) is 6.06. The predicted octanol–water partition coefficient (Wildman–Crippen LogP) is 0.581. The Hall–Kier alpha value is -1.57. The topological polar surface area (TPSA) is 116 Å². The highest BCUT2D eigenvalue weighted by molar-refractivity contribution is 7.90. The molecule has 2 aliphatic carbocycles. The van der Waals surface area contributed by atoms with Gasteiger partial charge in [-0.3, -0.25) is 0 Å². The van der Waals surface area contributed by atoms with E-state index >= 15 is 0 Å². The summed E-state index contributed by atoms with van der Waals surface area (Å²) in [6, 6.07) is 0. The lowest BCUT2D eigenvalue weighted by atomic mass is 9.78. The molecule has 5 N–H and O–H groups in total. The van der Waals surface area contributed by atoms with Crippen LogP contribution in [0.1, 0.15) is 6.92 Å². The number of nitrogens with two attached hydrogens (primary N) is 2. The fourth-order valence-corrected chi connectivity index (χ4v) is 2.88. The number of aliphatic hydroxyl groups excluding tert-OH is 1. The van der Waals surface area contributed by atoms with E-state index in [1.54, 1.807) is 19.1 Å². The normalized spacial score (nSPS) is 27.7. The van der Waals surface area contributed by atoms with Crippen LogP contribution in [0.5, 0.6) is 0 Å². The highest BCUT2D eigenvalue weighted by atomic mass is 32.2. The second kappa shape index (κ2) is 4.27. The van der Waals surface area contributed by atoms with E-state index in [0.29, 0.717) is 5.70 Å². The monoisotopic (exact) mass is 270 g/mol. The number of hydrogen-bond donors (Lipinski definition) is 3. The van der Waals surface area contributed by atoms with Crippen LogP contribution in [0.2, 0.25) is 0 Å². The Balaban J connectivity index is 2.47. The van der Waals surface area contributed by atoms with Crippen LogP contribution in [-0.4, -0.2) is 13.5 Å². The highest BCUT2D eigenvalue weighted by Gasteiger charge is 2.33. The smallest absolute Gasteiger partial charge is 0.312 e. The van der Waals surface area contributed by atoms with Crippen molar-refractivity contribution in [1.29, 1.82) is 0 Å². The zero-order chi connectivity index (χ0) is 13.5. The van der Waals surface area contributed by atoms with Gasteiger partial charge < -0.3 is 10.8 Å². The van der Waals surface area contributed by atoms with Crippen molar-refractivity contribution in [3.63, 3.8) is 0 Å². The molecule has 7 heteroatoms. The molecule has 0 radical (unpaired) electrons. The van der Waals surface area contributed by atoms with Gasteiger partial charge in [0.05, 0.1) is 4.91 Å². The molecule has 0 saturated carbocycles. The molecule has 0 aromatic carbocycles. The van der Waals surface area contributed by atoms with Crippen LogP contribution in [0, 0.1) is 11.8 Å². The standard InChI is InChI=1S/C11H14N2O4S/c1-6-9(12)3-2-7-4-8(18(15,16)17-13)5-10(14)11(6)7/h2-5,7,11,14H,12-13H2,1H3. The summed E-state index contributed by atoms with van der Waals surface area (Å²) >= 11 is 0. The van der Waals surface area contributed by atoms with E-state index < -0.39 is 10.1 Å². The van der Waals surface area contributed by atoms with Crippen LogP contribution in [-0.2, 0) is 14.4 Å². The molecule has 18 heavy (non-hydrogen) atoms. The summed E-state index contributed by atoms with van der Waals surface area (Å²) in [5.41, 5.74) is 7.14. The van der Waals surface area contributed by atoms with Gasteiger partial charge in [-0.25, -0.2) is 0 Å². The molecular weight excluding hydrogens is 256 g/mol. The van der Waals surface area contributed by atoms with Crippen LogP contribution in [0.3, 0.4) is 0 Å². The van der Waals surface area contributed by atoms with Crippen molar-refractivity contribution >= 4 is 10.1 Å². The first-order valence-corrected chi connectivity index (χ1v) is 6.68. The van der Waals surface area contributed by atoms with Gasteiger partial charge in [-0.1, -0.05) is 12.2 Å². The van der Waals surface area contributed by atoms with Gasteiger partial charge in [0.1, 0.15) is 5.76 Å². The lowest BCUT2D eigenvalue weighted by Crippen LogP contribution is -2.26. The molecule has 0 aliphatic heterocycles. The molecule has 2 atom stereocenters. The first-order chi connectivity index (χ1) is 8.36. The molecule has 0 bridgehead atoms. The van der Waals surface area contributed by atoms with Crippen LogP contribution >= 0.6 is 0 Å². The van der Waals surface area contributed by atoms with Gasteiger partial charge in [0.25, 0.3) is 0 Å². The third-order valence-electron chi connectivity index (χ3n) is 3.19. The van der Waals surface area contributed by atoms with Crippen molar-refractivity contribution in [2.24, 2.45) is 23.5 Å². The Labute approximate surface area is 105 Å². The Bertz CT molecular complexity index is 599. The average molecular weight is 270 g/mol. The van der Waals surface area contributed by atoms with Crippen LogP contribution in [0.15, 0.2) is 46.2 Å². The van der Waals surface area contributed by atoms with Gasteiger partial charge >= 0.3 is 10.1 Å². The fourth-order valence-electron chi connectivity index (χ4n) is 2.18. The summed E-state index contributed by atoms with van der Waals surface area (Å²) in [5, 5.41) is 9.96. The number of rotatable bonds is 2. The third kappa shape index (κ3) is 1.96. The molecule has 2 rings (SSSR count). The molecule has 0 aromatic rings. The van der Waals surface area contributed by atoms with Crippen molar-refractivity contribution < 1.29 is 17.8 Å². The number of aliphatic hydroxyl groups is 1. The van der Waals surface area contributed by atoms with Crippen LogP contribution in [0.25, 0.3) is 0 Å². The molecule has 0 heterocycles. The zero-order valence-corrected chi connectivity index (χ0v) is 10.5. The van der Waals surface area contributed by atoms with E-state index in [4.69, 9.17) is 11.6 Å². The molecule has 2 unspecified atom stereocenters. The first kappa shape index (κ1) is 12.9. The van der Waals surface area contributed by atoms with E-state index in [2.05, 4.69) is 4.28 Å². The summed E-state index contributed by atoms with van der Waals surface area (Å²) in [7, 11) is -4.01. The minimum Gasteiger partial charge on any atom is -0.512 e. The SMILES string of the molecule is CC1=C(N)C=CC2C=C(S(=O)(=O)ON)C=C(O)C12. The molecule has 0 spiro atoms. The van der Waals surface area contributed by atoms with Crippen LogP contribution in [0.4, 0.5) is 0 Å². The fraction of sp³-hybridized carbons (Fsp3) is 0.273. The van der Waals surface area contributed by atoms with Gasteiger partial charge in [-0.2, -0.15) is 18.6 Å². The van der Waals surface area contributed by atoms with Gasteiger partial charge in [-0.05, 0) is 24.6 Å². The van der Waals surface area contributed by atoms with Gasteiger partial charge in [0.2, 0.25) is 0 Å². The number of hydrogen-bond acceptors (Lipinski definition) is 6. The predicted molar refractivity (Wildman–Crippen MR) is 66.0 cm³/mol. The second-order valence-electron chi connectivity index (χ2n) is 4.24. The Kier molecular flexibility index (Phi) is 3.05. The Morgan fingerprint density at radius 2 is 2.11 bits per heavy atom. The molecular formula is C11H14N2O4S. The molecule has 98 valence electrons. The van der Waals surface area contributed by atoms with Crippen molar-refractivity contribution in [2.45, 2.75) is 6.92 Å². The summed E-state index contributed by atoms with van der Waals surface area (Å²) in [6.45, 7) is 1.80. The van der Waals surface area contributed by atoms with Crippen molar-refractivity contribution in [3.8, 4) is 0 Å². The maximum atomic E-state index is 11.5. The van der Waals surface area contributed by atoms with E-state index in [1.165, 1.54) is 6.08 Å². The van der Waals surface area contributed by atoms with Crippen molar-refractivity contribution in [1.82, 2.24) is 0 Å². The Morgan fingerprint density at radius 1 is 1.44 bits per heavy atom. The average Bonchev–Trinajstić information content (AvgIpc) is 2.33. The third-order valence-corrected chi connectivity index (χ3v) is 4.27. The largest absolute Gasteiger partial charge is 0.512 e. The van der Waals surface area contributed by atoms with E-state index in [-0.39, 0.29) is 22.5 Å². The summed E-state index contributed by atoms with van der Waals surface area (Å²) < 4.78 is 26.9. The molecule has 0 amide bonds. The maximum absolute atomic E-state index is 11.5. The maximum Gasteiger partial charge on any atom is 0.312 e. The summed E-state index contributed by atoms with van der Waals surface area (Å²) in [4.78, 5) is -0.151. The van der Waals surface area contributed by atoms with E-state index in [9.17, 15) is 13.5 Å². The molecule has 0 aromatic heterocycles. The van der Waals surface area contributed by atoms with Gasteiger partial charge in [0.15, 0.2) is 0 Å². The van der Waals surface area contributed by atoms with Crippen molar-refractivity contribution in [2.75, 3.05) is 0 Å². The Morgan fingerprint density at radius 3 is 2.72 bits per heavy atom. The minimum absolute atomic E-state index is 0.0667. The quantitative estimate of drug-likeness (QED) is 0.632. The second-order valence-corrected chi connectivity index (χ2v) is 5.81. The minimum atomic E-state index is -4.01. The first-order valence-electron chi connectivity index (χ1n) is 5.27. The van der Waals surface area contributed by atoms with E-state index in [0.717, 1.165) is 11.6 Å². The molecule has 6 nitrogen and oxygen atoms in total. The molecule has 0 saturated heterocycles. The van der Waals surface area contributed by atoms with Gasteiger partial charge in [-0.15, -0.1) is 0 Å².